The summed E-state index contributed by atoms with van der Waals surface area (Å²) >= 11 is 0. The molecule has 10 aliphatic carbocycles. The lowest BCUT2D eigenvalue weighted by Gasteiger charge is -2.56. The van der Waals surface area contributed by atoms with E-state index in [0.717, 1.165) is 73.4 Å². The van der Waals surface area contributed by atoms with Crippen LogP contribution in [-0.2, 0) is 28.6 Å². The number of ether oxygens (including phenoxy) is 3. The topological polar surface area (TPSA) is 78.9 Å². The van der Waals surface area contributed by atoms with Crippen LogP contribution < -0.4 is 0 Å². The van der Waals surface area contributed by atoms with Crippen LogP contribution in [0.5, 0.6) is 0 Å². The highest BCUT2D eigenvalue weighted by Gasteiger charge is 2.79. The Balaban J connectivity index is 0.000000122. The number of esters is 2. The third kappa shape index (κ3) is 4.04. The lowest BCUT2D eigenvalue weighted by Crippen LogP contribution is -2.54. The summed E-state index contributed by atoms with van der Waals surface area (Å²) in [5.41, 5.74) is 2.95. The van der Waals surface area contributed by atoms with E-state index in [9.17, 15) is 14.4 Å². The second-order valence-electron chi connectivity index (χ2n) is 19.8. The predicted molar refractivity (Wildman–Crippen MR) is 190 cm³/mol. The lowest BCUT2D eigenvalue weighted by molar-refractivity contribution is -0.173. The van der Waals surface area contributed by atoms with Crippen LogP contribution in [-0.4, -0.2) is 36.0 Å². The number of rotatable bonds is 1. The Kier molecular flexibility index (Phi) is 6.57. The van der Waals surface area contributed by atoms with Crippen LogP contribution in [0.1, 0.15) is 110 Å². The summed E-state index contributed by atoms with van der Waals surface area (Å²) in [7, 11) is 1.80. The third-order valence-corrected chi connectivity index (χ3v) is 18.5. The normalized spacial score (nSPS) is 54.4. The fraction of sp³-hybridized carbons (Fsp3) is 0.756. The van der Waals surface area contributed by atoms with Crippen molar-refractivity contribution in [3.63, 3.8) is 0 Å². The number of hydrogen-bond acceptors (Lipinski definition) is 6. The average molecular weight is 693 g/mol. The number of hydrogen-bond donors (Lipinski definition) is 0. The van der Waals surface area contributed by atoms with E-state index in [1.54, 1.807) is 12.7 Å². The number of ketones is 1. The van der Waals surface area contributed by atoms with Crippen molar-refractivity contribution in [2.45, 2.75) is 121 Å². The van der Waals surface area contributed by atoms with Gasteiger partial charge in [-0.05, 0) is 153 Å². The zero-order valence-electron chi connectivity index (χ0n) is 30.9. The SMILES string of the molecule is COC1=CC2=CCC3C(CC[C@@]4(C)C3C3CC3[C@@]43CCC(=O)O3)C2CC1.C[C@]12CCC3C4CCC(=O)C=C4C=CC3C1C1CC1[C@@]21CCC(=O)O1. The Bertz CT molecular complexity index is 1730. The highest BCUT2D eigenvalue weighted by atomic mass is 16.6. The first-order valence-corrected chi connectivity index (χ1v) is 20.9. The van der Waals surface area contributed by atoms with Gasteiger partial charge in [-0.15, -0.1) is 0 Å². The first-order valence-electron chi connectivity index (χ1n) is 20.9. The molecule has 0 radical (unpaired) electrons. The van der Waals surface area contributed by atoms with E-state index in [1.165, 1.54) is 56.9 Å². The molecule has 51 heavy (non-hydrogen) atoms. The van der Waals surface area contributed by atoms with E-state index >= 15 is 0 Å². The molecule has 0 N–H and O–H groups in total. The zero-order valence-corrected chi connectivity index (χ0v) is 30.9. The molecule has 12 aliphatic rings. The molecule has 2 heterocycles. The van der Waals surface area contributed by atoms with E-state index in [-0.39, 0.29) is 34.0 Å². The molecule has 12 unspecified atom stereocenters. The molecule has 0 bridgehead atoms. The molecule has 2 spiro atoms. The summed E-state index contributed by atoms with van der Waals surface area (Å²) in [6, 6.07) is 0. The van der Waals surface area contributed by atoms with Crippen molar-refractivity contribution in [2.24, 2.45) is 81.8 Å². The molecule has 6 nitrogen and oxygen atoms in total. The Labute approximate surface area is 303 Å². The summed E-state index contributed by atoms with van der Waals surface area (Å²) in [6.07, 6.45) is 27.5. The highest BCUT2D eigenvalue weighted by molar-refractivity contribution is 5.92. The van der Waals surface area contributed by atoms with Crippen molar-refractivity contribution < 1.29 is 28.6 Å². The van der Waals surface area contributed by atoms with Gasteiger partial charge in [0.1, 0.15) is 11.2 Å². The van der Waals surface area contributed by atoms with Crippen LogP contribution >= 0.6 is 0 Å². The smallest absolute Gasteiger partial charge is 0.306 e. The predicted octanol–water partition coefficient (Wildman–Crippen LogP) is 8.47. The standard InChI is InChI=1S/C23H30O3.C22H26O3/c1-22-9-7-16-15-6-4-14(25-2)11-13(15)3-5-17(16)21(22)18-12-19(18)23(22)10-8-20(24)26-23;1-21-8-6-15-14-5-3-13(23)10-12(14)2-4-16(15)20(21)17-11-18(17)22(21)9-7-19(24)25-22/h3,11,15-19,21H,4-10,12H2,1-2H3;2,4,10,14-18,20H,3,5-9,11H2,1H3/t15?,16?,17?,18?,19?,21?,22-,23-;14?,15?,16?,17?,18?,20?,21-,22-/m00/s1. The molecule has 12 rings (SSSR count). The van der Waals surface area contributed by atoms with Gasteiger partial charge in [0.15, 0.2) is 5.78 Å². The van der Waals surface area contributed by atoms with Gasteiger partial charge in [0.2, 0.25) is 0 Å². The molecule has 0 aromatic heterocycles. The van der Waals surface area contributed by atoms with Crippen LogP contribution in [0.3, 0.4) is 0 Å². The summed E-state index contributed by atoms with van der Waals surface area (Å²) in [5.74, 6) is 10.1. The first kappa shape index (κ1) is 31.9. The fourth-order valence-electron chi connectivity index (χ4n) is 16.5. The first-order chi connectivity index (χ1) is 24.6. The van der Waals surface area contributed by atoms with E-state index in [4.69, 9.17) is 14.2 Å². The highest BCUT2D eigenvalue weighted by Crippen LogP contribution is 2.79. The summed E-state index contributed by atoms with van der Waals surface area (Å²) < 4.78 is 17.8. The molecule has 16 atom stereocenters. The number of allylic oxidation sites excluding steroid dienone is 8. The van der Waals surface area contributed by atoms with Gasteiger partial charge >= 0.3 is 11.9 Å². The Morgan fingerprint density at radius 2 is 1.29 bits per heavy atom. The van der Waals surface area contributed by atoms with Crippen molar-refractivity contribution in [3.8, 4) is 0 Å². The van der Waals surface area contributed by atoms with E-state index in [2.05, 4.69) is 38.2 Å². The molecule has 0 aromatic carbocycles. The van der Waals surface area contributed by atoms with Crippen LogP contribution in [0.2, 0.25) is 0 Å². The third-order valence-electron chi connectivity index (χ3n) is 18.5. The number of carbonyl (C=O) groups excluding carboxylic acids is 3. The van der Waals surface area contributed by atoms with Gasteiger partial charge in [-0.3, -0.25) is 14.4 Å². The molecule has 6 heteroatoms. The van der Waals surface area contributed by atoms with Crippen LogP contribution in [0.4, 0.5) is 0 Å². The van der Waals surface area contributed by atoms with E-state index < -0.39 is 0 Å². The monoisotopic (exact) mass is 692 g/mol. The largest absolute Gasteiger partial charge is 0.501 e. The quantitative estimate of drug-likeness (QED) is 0.257. The van der Waals surface area contributed by atoms with Crippen molar-refractivity contribution >= 4 is 17.7 Å². The van der Waals surface area contributed by atoms with E-state index in [0.29, 0.717) is 54.1 Å². The molecule has 2 aliphatic heterocycles. The van der Waals surface area contributed by atoms with Crippen molar-refractivity contribution in [3.05, 3.63) is 47.3 Å². The second-order valence-corrected chi connectivity index (χ2v) is 19.8. The fourth-order valence-corrected chi connectivity index (χ4v) is 16.5. The minimum Gasteiger partial charge on any atom is -0.501 e. The maximum atomic E-state index is 12.1. The van der Waals surface area contributed by atoms with Crippen molar-refractivity contribution in [1.29, 1.82) is 0 Å². The second kappa shape index (κ2) is 10.5. The summed E-state index contributed by atoms with van der Waals surface area (Å²) in [6.45, 7) is 4.92. The Hall–Kier alpha value is -2.63. The van der Waals surface area contributed by atoms with Gasteiger partial charge in [0.05, 0.1) is 12.9 Å². The minimum absolute atomic E-state index is 0.0323. The Morgan fingerprint density at radius 3 is 1.96 bits per heavy atom. The zero-order chi connectivity index (χ0) is 34.7. The maximum absolute atomic E-state index is 12.1. The van der Waals surface area contributed by atoms with Crippen molar-refractivity contribution in [2.75, 3.05) is 7.11 Å². The molecule has 272 valence electrons. The molecule has 0 amide bonds. The average Bonchev–Trinajstić information content (AvgIpc) is 3.99. The van der Waals surface area contributed by atoms with Crippen LogP contribution in [0, 0.1) is 81.8 Å². The van der Waals surface area contributed by atoms with Gasteiger partial charge in [-0.1, -0.05) is 32.1 Å². The number of fused-ring (bicyclic) bond motifs is 18. The molecular weight excluding hydrogens is 636 g/mol. The maximum Gasteiger partial charge on any atom is 0.306 e. The molecule has 6 saturated carbocycles. The summed E-state index contributed by atoms with van der Waals surface area (Å²) in [4.78, 5) is 35.9. The molecular formula is C45H56O6. The number of carbonyl (C=O) groups is 3. The van der Waals surface area contributed by atoms with Crippen LogP contribution in [0.25, 0.3) is 0 Å². The van der Waals surface area contributed by atoms with Gasteiger partial charge in [-0.25, -0.2) is 0 Å². The number of methoxy groups -OCH3 is 1. The van der Waals surface area contributed by atoms with Gasteiger partial charge in [0, 0.05) is 48.3 Å². The van der Waals surface area contributed by atoms with Gasteiger partial charge in [-0.2, -0.15) is 0 Å². The summed E-state index contributed by atoms with van der Waals surface area (Å²) in [5, 5.41) is 0. The van der Waals surface area contributed by atoms with Crippen LogP contribution in [0.15, 0.2) is 47.3 Å². The van der Waals surface area contributed by atoms with E-state index in [1.807, 2.05) is 6.08 Å². The molecule has 0 aromatic rings. The van der Waals surface area contributed by atoms with Crippen molar-refractivity contribution in [1.82, 2.24) is 0 Å². The minimum atomic E-state index is -0.156. The molecule has 2 saturated heterocycles. The lowest BCUT2D eigenvalue weighted by atomic mass is 9.49. The van der Waals surface area contributed by atoms with Gasteiger partial charge < -0.3 is 14.2 Å². The Morgan fingerprint density at radius 1 is 0.667 bits per heavy atom. The van der Waals surface area contributed by atoms with Gasteiger partial charge in [0.25, 0.3) is 0 Å². The molecule has 8 fully saturated rings.